The van der Waals surface area contributed by atoms with Crippen molar-refractivity contribution in [2.24, 2.45) is 0 Å². The van der Waals surface area contributed by atoms with E-state index >= 15 is 0 Å². The van der Waals surface area contributed by atoms with Gasteiger partial charge in [0.25, 0.3) is 0 Å². The molecule has 3 rings (SSSR count). The molecule has 1 atom stereocenters. The van der Waals surface area contributed by atoms with Gasteiger partial charge in [0, 0.05) is 17.6 Å². The molecule has 0 aromatic heterocycles. The molecule has 1 aliphatic heterocycles. The fourth-order valence-electron chi connectivity index (χ4n) is 2.97. The number of carbonyl (C=O) groups excluding carboxylic acids is 1. The van der Waals surface area contributed by atoms with E-state index < -0.39 is 5.97 Å². The molecule has 1 aliphatic rings. The zero-order chi connectivity index (χ0) is 20.1. The molecule has 4 nitrogen and oxygen atoms in total. The van der Waals surface area contributed by atoms with Gasteiger partial charge in [-0.3, -0.25) is 0 Å². The topological polar surface area (TPSA) is 44.8 Å². The van der Waals surface area contributed by atoms with E-state index in [9.17, 15) is 9.18 Å². The molecule has 2 aromatic rings. The van der Waals surface area contributed by atoms with Crippen LogP contribution in [0.5, 0.6) is 5.75 Å². The number of rotatable bonds is 6. The SMILES string of the molecule is C=C(C)C(=O)OCc1cc(-c2ccc(C)c(F)c2)ccc1OC1CCCCO1. The summed E-state index contributed by atoms with van der Waals surface area (Å²) in [7, 11) is 0. The highest BCUT2D eigenvalue weighted by molar-refractivity contribution is 5.87. The van der Waals surface area contributed by atoms with Crippen LogP contribution in [0.15, 0.2) is 48.6 Å². The molecule has 0 spiro atoms. The lowest BCUT2D eigenvalue weighted by molar-refractivity contribution is -0.140. The fourth-order valence-corrected chi connectivity index (χ4v) is 2.97. The minimum absolute atomic E-state index is 0.0376. The first-order valence-corrected chi connectivity index (χ1v) is 9.44. The van der Waals surface area contributed by atoms with Gasteiger partial charge in [0.15, 0.2) is 6.29 Å². The number of halogens is 1. The van der Waals surface area contributed by atoms with Crippen LogP contribution in [0, 0.1) is 12.7 Å². The predicted molar refractivity (Wildman–Crippen MR) is 105 cm³/mol. The second kappa shape index (κ2) is 9.02. The molecule has 1 saturated heterocycles. The summed E-state index contributed by atoms with van der Waals surface area (Å²) < 4.78 is 30.9. The summed E-state index contributed by atoms with van der Waals surface area (Å²) in [4.78, 5) is 11.8. The van der Waals surface area contributed by atoms with Crippen LogP contribution < -0.4 is 4.74 Å². The van der Waals surface area contributed by atoms with Gasteiger partial charge in [-0.05, 0) is 61.6 Å². The fraction of sp³-hybridized carbons (Fsp3) is 0.348. The van der Waals surface area contributed by atoms with Crippen molar-refractivity contribution in [1.82, 2.24) is 0 Å². The molecule has 0 N–H and O–H groups in total. The third-order valence-electron chi connectivity index (χ3n) is 4.67. The Hall–Kier alpha value is -2.66. The molecule has 148 valence electrons. The van der Waals surface area contributed by atoms with E-state index in [1.807, 2.05) is 24.3 Å². The third-order valence-corrected chi connectivity index (χ3v) is 4.67. The van der Waals surface area contributed by atoms with Crippen molar-refractivity contribution in [3.05, 3.63) is 65.5 Å². The second-order valence-electron chi connectivity index (χ2n) is 7.06. The van der Waals surface area contributed by atoms with Gasteiger partial charge in [0.1, 0.15) is 18.2 Å². The van der Waals surface area contributed by atoms with Gasteiger partial charge in [-0.15, -0.1) is 0 Å². The highest BCUT2D eigenvalue weighted by Crippen LogP contribution is 2.30. The summed E-state index contributed by atoms with van der Waals surface area (Å²) in [6.07, 6.45) is 2.58. The van der Waals surface area contributed by atoms with Crippen LogP contribution in [0.1, 0.15) is 37.3 Å². The van der Waals surface area contributed by atoms with Crippen LogP contribution >= 0.6 is 0 Å². The molecule has 1 fully saturated rings. The molecule has 1 unspecified atom stereocenters. The van der Waals surface area contributed by atoms with Gasteiger partial charge in [-0.2, -0.15) is 0 Å². The van der Waals surface area contributed by atoms with Crippen molar-refractivity contribution in [2.45, 2.75) is 46.0 Å². The summed E-state index contributed by atoms with van der Waals surface area (Å²) in [5, 5.41) is 0. The molecule has 0 radical (unpaired) electrons. The first-order chi connectivity index (χ1) is 13.4. The molecule has 0 amide bonds. The number of hydrogen-bond donors (Lipinski definition) is 0. The van der Waals surface area contributed by atoms with Crippen LogP contribution in [-0.4, -0.2) is 18.9 Å². The molecule has 0 bridgehead atoms. The maximum atomic E-state index is 14.0. The van der Waals surface area contributed by atoms with Crippen molar-refractivity contribution in [2.75, 3.05) is 6.61 Å². The minimum atomic E-state index is -0.466. The van der Waals surface area contributed by atoms with Crippen molar-refractivity contribution < 1.29 is 23.4 Å². The average molecular weight is 384 g/mol. The van der Waals surface area contributed by atoms with Crippen molar-refractivity contribution in [3.8, 4) is 16.9 Å². The van der Waals surface area contributed by atoms with Gasteiger partial charge >= 0.3 is 5.97 Å². The molecule has 0 saturated carbocycles. The van der Waals surface area contributed by atoms with E-state index in [0.717, 1.165) is 30.4 Å². The van der Waals surface area contributed by atoms with Crippen LogP contribution in [0.25, 0.3) is 11.1 Å². The zero-order valence-corrected chi connectivity index (χ0v) is 16.3. The summed E-state index contributed by atoms with van der Waals surface area (Å²) in [6, 6.07) is 10.6. The number of ether oxygens (including phenoxy) is 3. The first kappa shape index (κ1) is 20.1. The Balaban J connectivity index is 1.88. The van der Waals surface area contributed by atoms with Crippen LogP contribution in [-0.2, 0) is 20.9 Å². The Morgan fingerprint density at radius 3 is 2.64 bits per heavy atom. The van der Waals surface area contributed by atoms with E-state index in [4.69, 9.17) is 14.2 Å². The summed E-state index contributed by atoms with van der Waals surface area (Å²) in [5.41, 5.74) is 3.18. The molecule has 0 aliphatic carbocycles. The Bertz CT molecular complexity index is 869. The van der Waals surface area contributed by atoms with Crippen molar-refractivity contribution in [1.29, 1.82) is 0 Å². The van der Waals surface area contributed by atoms with Crippen LogP contribution in [0.2, 0.25) is 0 Å². The molecular weight excluding hydrogens is 359 g/mol. The highest BCUT2D eigenvalue weighted by atomic mass is 19.1. The minimum Gasteiger partial charge on any atom is -0.465 e. The first-order valence-electron chi connectivity index (χ1n) is 9.44. The summed E-state index contributed by atoms with van der Waals surface area (Å²) >= 11 is 0. The number of aryl methyl sites for hydroxylation is 1. The normalized spacial score (nSPS) is 16.5. The molecular formula is C23H25FO4. The Morgan fingerprint density at radius 1 is 1.21 bits per heavy atom. The number of benzene rings is 2. The molecule has 2 aromatic carbocycles. The Kier molecular flexibility index (Phi) is 6.47. The van der Waals surface area contributed by atoms with Gasteiger partial charge in [0.05, 0.1) is 6.61 Å². The maximum absolute atomic E-state index is 14.0. The van der Waals surface area contributed by atoms with Crippen molar-refractivity contribution in [3.63, 3.8) is 0 Å². The number of hydrogen-bond acceptors (Lipinski definition) is 4. The van der Waals surface area contributed by atoms with Crippen LogP contribution in [0.3, 0.4) is 0 Å². The number of carbonyl (C=O) groups is 1. The quantitative estimate of drug-likeness (QED) is 0.499. The summed E-state index contributed by atoms with van der Waals surface area (Å²) in [6.45, 7) is 7.63. The average Bonchev–Trinajstić information content (AvgIpc) is 2.69. The van der Waals surface area contributed by atoms with Gasteiger partial charge in [-0.25, -0.2) is 9.18 Å². The van der Waals surface area contributed by atoms with Crippen LogP contribution in [0.4, 0.5) is 4.39 Å². The molecule has 1 heterocycles. The predicted octanol–water partition coefficient (Wildman–Crippen LogP) is 5.33. The third kappa shape index (κ3) is 4.98. The van der Waals surface area contributed by atoms with Gasteiger partial charge in [-0.1, -0.05) is 24.8 Å². The molecule has 5 heteroatoms. The Morgan fingerprint density at radius 2 is 1.96 bits per heavy atom. The lowest BCUT2D eigenvalue weighted by Crippen LogP contribution is -2.25. The standard InChI is InChI=1S/C23H25FO4/c1-15(2)23(25)27-14-19-12-17(18-8-7-16(3)20(24)13-18)9-10-21(19)28-22-6-4-5-11-26-22/h7-10,12-13,22H,1,4-6,11,14H2,2-3H3. The van der Waals surface area contributed by atoms with E-state index in [2.05, 4.69) is 6.58 Å². The number of esters is 1. The van der Waals surface area contributed by atoms with E-state index in [1.54, 1.807) is 19.9 Å². The van der Waals surface area contributed by atoms with E-state index in [1.165, 1.54) is 6.07 Å². The maximum Gasteiger partial charge on any atom is 0.333 e. The smallest absolute Gasteiger partial charge is 0.333 e. The van der Waals surface area contributed by atoms with E-state index in [-0.39, 0.29) is 18.7 Å². The van der Waals surface area contributed by atoms with Gasteiger partial charge < -0.3 is 14.2 Å². The lowest BCUT2D eigenvalue weighted by atomic mass is 10.0. The van der Waals surface area contributed by atoms with Gasteiger partial charge in [0.2, 0.25) is 0 Å². The highest BCUT2D eigenvalue weighted by Gasteiger charge is 2.18. The zero-order valence-electron chi connectivity index (χ0n) is 16.3. The largest absolute Gasteiger partial charge is 0.465 e. The lowest BCUT2D eigenvalue weighted by Gasteiger charge is -2.25. The summed E-state index contributed by atoms with van der Waals surface area (Å²) in [5.74, 6) is -0.131. The Labute approximate surface area is 164 Å². The van der Waals surface area contributed by atoms with E-state index in [0.29, 0.717) is 29.1 Å². The van der Waals surface area contributed by atoms with Crippen molar-refractivity contribution >= 4 is 5.97 Å². The second-order valence-corrected chi connectivity index (χ2v) is 7.06. The monoisotopic (exact) mass is 384 g/mol. The molecule has 28 heavy (non-hydrogen) atoms.